The maximum Gasteiger partial charge on any atom is 0.437 e. The lowest BCUT2D eigenvalue weighted by molar-refractivity contribution is 0.150. The second-order valence-electron chi connectivity index (χ2n) is 7.11. The van der Waals surface area contributed by atoms with E-state index >= 15 is 0 Å². The highest BCUT2D eigenvalue weighted by atomic mass is 16.5. The molecule has 3 rings (SSSR count). The number of ether oxygens (including phenoxy) is 1. The molecule has 0 spiro atoms. The summed E-state index contributed by atoms with van der Waals surface area (Å²) in [5.74, 6) is 7.25. The Balaban J connectivity index is 1.55. The van der Waals surface area contributed by atoms with E-state index in [-0.39, 0.29) is 12.6 Å². The van der Waals surface area contributed by atoms with Crippen LogP contribution in [0.4, 0.5) is 4.79 Å². The lowest BCUT2D eigenvalue weighted by atomic mass is 10.0. The van der Waals surface area contributed by atoms with Gasteiger partial charge in [0.1, 0.15) is 6.61 Å². The van der Waals surface area contributed by atoms with Crippen LogP contribution in [0, 0.1) is 17.8 Å². The summed E-state index contributed by atoms with van der Waals surface area (Å²) in [5.41, 5.74) is 8.21. The highest BCUT2D eigenvalue weighted by Crippen LogP contribution is 2.29. The number of hydrogen-bond donors (Lipinski definition) is 1. The quantitative estimate of drug-likeness (QED) is 0.489. The van der Waals surface area contributed by atoms with Gasteiger partial charge in [0.15, 0.2) is 0 Å². The van der Waals surface area contributed by atoms with Gasteiger partial charge in [0.05, 0.1) is 6.54 Å². The molecule has 5 nitrogen and oxygen atoms in total. The van der Waals surface area contributed by atoms with Gasteiger partial charge in [0.25, 0.3) is 0 Å². The van der Waals surface area contributed by atoms with Crippen molar-refractivity contribution in [2.24, 2.45) is 16.6 Å². The number of aliphatic imine (C=N–C) groups is 1. The molecular formula is C22H27N3O2. The average molecular weight is 365 g/mol. The van der Waals surface area contributed by atoms with Gasteiger partial charge in [0, 0.05) is 6.54 Å². The molecule has 0 unspecified atom stereocenters. The Morgan fingerprint density at radius 2 is 2.07 bits per heavy atom. The third-order valence-electron chi connectivity index (χ3n) is 4.72. The fourth-order valence-corrected chi connectivity index (χ4v) is 2.97. The fraction of sp³-hybridized carbons (Fsp3) is 0.455. The Hall–Kier alpha value is -2.74. The zero-order valence-electron chi connectivity index (χ0n) is 15.7. The van der Waals surface area contributed by atoms with E-state index in [4.69, 9.17) is 10.5 Å². The summed E-state index contributed by atoms with van der Waals surface area (Å²) >= 11 is 0. The highest BCUT2D eigenvalue weighted by Gasteiger charge is 2.25. The maximum absolute atomic E-state index is 12.0. The van der Waals surface area contributed by atoms with Crippen molar-refractivity contribution >= 4 is 12.1 Å². The van der Waals surface area contributed by atoms with Gasteiger partial charge in [-0.3, -0.25) is 0 Å². The first-order valence-corrected chi connectivity index (χ1v) is 9.68. The maximum atomic E-state index is 12.0. The van der Waals surface area contributed by atoms with Gasteiger partial charge >= 0.3 is 6.09 Å². The van der Waals surface area contributed by atoms with Crippen LogP contribution in [0.3, 0.4) is 0 Å². The zero-order valence-corrected chi connectivity index (χ0v) is 15.7. The van der Waals surface area contributed by atoms with E-state index in [1.54, 1.807) is 0 Å². The minimum Gasteiger partial charge on any atom is -0.443 e. The molecule has 1 aromatic rings. The summed E-state index contributed by atoms with van der Waals surface area (Å²) in [6.07, 6.45) is 8.59. The third kappa shape index (κ3) is 6.82. The number of nitrogens with two attached hydrogens (primary N) is 1. The van der Waals surface area contributed by atoms with Crippen LogP contribution >= 0.6 is 0 Å². The number of nitrogens with zero attached hydrogens (tertiary/aromatic N) is 2. The van der Waals surface area contributed by atoms with Crippen LogP contribution in [0.2, 0.25) is 0 Å². The van der Waals surface area contributed by atoms with E-state index in [1.807, 2.05) is 35.2 Å². The van der Waals surface area contributed by atoms with Crippen LogP contribution in [0.15, 0.2) is 47.0 Å². The summed E-state index contributed by atoms with van der Waals surface area (Å²) in [6.45, 7) is 1.46. The first kappa shape index (κ1) is 19.0. The van der Waals surface area contributed by atoms with E-state index < -0.39 is 6.09 Å². The monoisotopic (exact) mass is 365 g/mol. The second-order valence-corrected chi connectivity index (χ2v) is 7.11. The van der Waals surface area contributed by atoms with Crippen LogP contribution in [-0.2, 0) is 11.3 Å². The van der Waals surface area contributed by atoms with E-state index in [2.05, 4.69) is 22.9 Å². The molecular weight excluding hydrogens is 338 g/mol. The average Bonchev–Trinajstić information content (AvgIpc) is 3.51. The summed E-state index contributed by atoms with van der Waals surface area (Å²) in [4.78, 5) is 17.8. The van der Waals surface area contributed by atoms with E-state index in [0.717, 1.165) is 24.9 Å². The largest absolute Gasteiger partial charge is 0.443 e. The molecule has 0 bridgehead atoms. The number of guanidine groups is 1. The van der Waals surface area contributed by atoms with E-state index in [1.165, 1.54) is 31.3 Å². The molecule has 0 radical (unpaired) electrons. The van der Waals surface area contributed by atoms with Gasteiger partial charge in [-0.05, 0) is 55.6 Å². The number of carbonyl (C=O) groups is 1. The summed E-state index contributed by atoms with van der Waals surface area (Å²) in [5, 5.41) is 0. The normalized spacial score (nSPS) is 16.7. The standard InChI is InChI=1S/C22H27N3O2/c23-21(24-22(26)27-17-20-10-5-2-6-11-20)25(16-19-13-14-19)15-7-12-18-8-3-1-4-9-18/h2,5-6,8,10-11,19H,1,3-4,9,13-17H2,(H2,23,24,26). The number of allylic oxidation sites excluding steroid dienone is 2. The minimum atomic E-state index is -0.667. The number of rotatable bonds is 5. The van der Waals surface area contributed by atoms with Crippen LogP contribution in [-0.4, -0.2) is 30.0 Å². The molecule has 0 atom stereocenters. The molecule has 1 saturated carbocycles. The number of carbonyl (C=O) groups excluding carboxylic acids is 1. The molecule has 27 heavy (non-hydrogen) atoms. The molecule has 5 heteroatoms. The number of benzene rings is 1. The van der Waals surface area contributed by atoms with Gasteiger partial charge < -0.3 is 15.4 Å². The molecule has 142 valence electrons. The Morgan fingerprint density at radius 1 is 1.26 bits per heavy atom. The highest BCUT2D eigenvalue weighted by molar-refractivity contribution is 5.89. The van der Waals surface area contributed by atoms with Crippen LogP contribution in [0.1, 0.15) is 44.1 Å². The van der Waals surface area contributed by atoms with Crippen molar-refractivity contribution in [3.05, 3.63) is 47.5 Å². The lowest BCUT2D eigenvalue weighted by Crippen LogP contribution is -2.39. The molecule has 0 heterocycles. The van der Waals surface area contributed by atoms with Crippen molar-refractivity contribution in [3.8, 4) is 11.8 Å². The Labute approximate surface area is 161 Å². The SMILES string of the molecule is N/C(=N\C(=O)OCc1ccccc1)N(CC#CC1=CCCCC1)CC1CC1. The molecule has 2 aliphatic carbocycles. The summed E-state index contributed by atoms with van der Waals surface area (Å²) in [6, 6.07) is 9.52. The predicted molar refractivity (Wildman–Crippen MR) is 107 cm³/mol. The van der Waals surface area contributed by atoms with Crippen LogP contribution < -0.4 is 5.73 Å². The molecule has 0 aromatic heterocycles. The first-order valence-electron chi connectivity index (χ1n) is 9.68. The molecule has 0 saturated heterocycles. The van der Waals surface area contributed by atoms with Crippen LogP contribution in [0.25, 0.3) is 0 Å². The van der Waals surface area contributed by atoms with Gasteiger partial charge in [-0.15, -0.1) is 4.99 Å². The zero-order chi connectivity index (χ0) is 18.9. The number of hydrogen-bond acceptors (Lipinski definition) is 2. The topological polar surface area (TPSA) is 67.9 Å². The molecule has 2 N–H and O–H groups in total. The second kappa shape index (κ2) is 9.82. The van der Waals surface area contributed by atoms with Crippen molar-refractivity contribution < 1.29 is 9.53 Å². The molecule has 1 aromatic carbocycles. The van der Waals surface area contributed by atoms with Crippen molar-refractivity contribution in [1.82, 2.24) is 4.90 Å². The Kier molecular flexibility index (Phi) is 6.92. The molecule has 1 amide bonds. The Bertz CT molecular complexity index is 755. The van der Waals surface area contributed by atoms with Gasteiger partial charge in [-0.1, -0.05) is 48.2 Å². The third-order valence-corrected chi connectivity index (χ3v) is 4.72. The van der Waals surface area contributed by atoms with Crippen molar-refractivity contribution in [2.45, 2.75) is 45.1 Å². The predicted octanol–water partition coefficient (Wildman–Crippen LogP) is 3.85. The van der Waals surface area contributed by atoms with Crippen LogP contribution in [0.5, 0.6) is 0 Å². The van der Waals surface area contributed by atoms with Gasteiger partial charge in [0.2, 0.25) is 5.96 Å². The Morgan fingerprint density at radius 3 is 2.78 bits per heavy atom. The van der Waals surface area contributed by atoms with Gasteiger partial charge in [-0.2, -0.15) is 0 Å². The number of amides is 1. The summed E-state index contributed by atoms with van der Waals surface area (Å²) < 4.78 is 5.19. The van der Waals surface area contributed by atoms with Gasteiger partial charge in [-0.25, -0.2) is 4.79 Å². The van der Waals surface area contributed by atoms with E-state index in [9.17, 15) is 4.79 Å². The minimum absolute atomic E-state index is 0.187. The molecule has 1 fully saturated rings. The fourth-order valence-electron chi connectivity index (χ4n) is 2.97. The first-order chi connectivity index (χ1) is 13.2. The lowest BCUT2D eigenvalue weighted by Gasteiger charge is -2.20. The summed E-state index contributed by atoms with van der Waals surface area (Å²) in [7, 11) is 0. The smallest absolute Gasteiger partial charge is 0.437 e. The van der Waals surface area contributed by atoms with E-state index in [0.29, 0.717) is 12.5 Å². The molecule has 0 aliphatic heterocycles. The van der Waals surface area contributed by atoms with Crippen molar-refractivity contribution in [1.29, 1.82) is 0 Å². The van der Waals surface area contributed by atoms with Crippen molar-refractivity contribution in [2.75, 3.05) is 13.1 Å². The van der Waals surface area contributed by atoms with Crippen molar-refractivity contribution in [3.63, 3.8) is 0 Å². The molecule has 2 aliphatic rings.